The summed E-state index contributed by atoms with van der Waals surface area (Å²) in [6, 6.07) is 5.11. The Bertz CT molecular complexity index is 1190. The highest BCUT2D eigenvalue weighted by Crippen LogP contribution is 2.34. The molecule has 2 aromatic rings. The van der Waals surface area contributed by atoms with Crippen molar-refractivity contribution in [2.45, 2.75) is 69.7 Å². The van der Waals surface area contributed by atoms with Crippen molar-refractivity contribution in [2.24, 2.45) is 16.8 Å². The molecule has 3 heterocycles. The van der Waals surface area contributed by atoms with Gasteiger partial charge in [-0.15, -0.1) is 0 Å². The normalized spacial score (nSPS) is 20.3. The fourth-order valence-electron chi connectivity index (χ4n) is 4.43. The van der Waals surface area contributed by atoms with E-state index in [2.05, 4.69) is 20.3 Å². The quantitative estimate of drug-likeness (QED) is 0.545. The summed E-state index contributed by atoms with van der Waals surface area (Å²) in [5, 5.41) is 3.77. The number of fused-ring (bicyclic) bond motifs is 1. The topological polar surface area (TPSA) is 101 Å². The Balaban J connectivity index is 1.61. The van der Waals surface area contributed by atoms with Crippen LogP contribution in [0.15, 0.2) is 34.3 Å². The number of anilines is 1. The summed E-state index contributed by atoms with van der Waals surface area (Å²) in [5.74, 6) is 0.938. The number of pyridine rings is 2. The van der Waals surface area contributed by atoms with Crippen LogP contribution in [0, 0.1) is 11.8 Å². The van der Waals surface area contributed by atoms with Gasteiger partial charge in [0.25, 0.3) is 0 Å². The molecule has 9 heteroatoms. The summed E-state index contributed by atoms with van der Waals surface area (Å²) in [6.07, 6.45) is 10.3. The summed E-state index contributed by atoms with van der Waals surface area (Å²) >= 11 is 6.38. The zero-order valence-corrected chi connectivity index (χ0v) is 21.3. The van der Waals surface area contributed by atoms with E-state index in [0.29, 0.717) is 23.1 Å². The maximum absolute atomic E-state index is 13.5. The van der Waals surface area contributed by atoms with Gasteiger partial charge in [0.2, 0.25) is 5.78 Å². The van der Waals surface area contributed by atoms with E-state index in [0.717, 1.165) is 54.8 Å². The summed E-state index contributed by atoms with van der Waals surface area (Å²) < 4.78 is 23.4. The lowest BCUT2D eigenvalue weighted by Gasteiger charge is -2.28. The number of aryl methyl sites for hydroxylation is 2. The van der Waals surface area contributed by atoms with Crippen molar-refractivity contribution in [1.82, 2.24) is 9.97 Å². The van der Waals surface area contributed by atoms with Gasteiger partial charge in [0, 0.05) is 18.4 Å². The summed E-state index contributed by atoms with van der Waals surface area (Å²) in [4.78, 5) is 27.1. The number of carbonyl (C=O) groups excluding carboxylic acids is 1. The lowest BCUT2D eigenvalue weighted by Crippen LogP contribution is -2.33. The van der Waals surface area contributed by atoms with Crippen molar-refractivity contribution >= 4 is 38.7 Å². The average molecular weight is 503 g/mol. The fraction of sp³-hybridized carbons (Fsp3) is 0.520. The van der Waals surface area contributed by atoms with Crippen LogP contribution < -0.4 is 5.32 Å². The Morgan fingerprint density at radius 3 is 2.62 bits per heavy atom. The molecule has 0 radical (unpaired) electrons. The lowest BCUT2D eigenvalue weighted by molar-refractivity contribution is -0.117. The van der Waals surface area contributed by atoms with Crippen LogP contribution in [-0.2, 0) is 34.0 Å². The minimum atomic E-state index is -3.32. The van der Waals surface area contributed by atoms with Crippen LogP contribution >= 0.6 is 11.6 Å². The number of nitrogens with one attached hydrogen (secondary N) is 1. The predicted molar refractivity (Wildman–Crippen MR) is 134 cm³/mol. The number of rotatable bonds is 7. The molecule has 1 fully saturated rings. The van der Waals surface area contributed by atoms with E-state index in [1.165, 1.54) is 31.5 Å². The molecule has 2 aliphatic rings. The summed E-state index contributed by atoms with van der Waals surface area (Å²) in [5.41, 5.74) is 3.13. The van der Waals surface area contributed by atoms with Crippen molar-refractivity contribution in [3.05, 3.63) is 46.5 Å². The van der Waals surface area contributed by atoms with Crippen LogP contribution in [0.25, 0.3) is 0 Å². The Morgan fingerprint density at radius 2 is 2.00 bits per heavy atom. The third-order valence-electron chi connectivity index (χ3n) is 6.87. The highest BCUT2D eigenvalue weighted by Gasteiger charge is 2.29. The van der Waals surface area contributed by atoms with Gasteiger partial charge >= 0.3 is 0 Å². The summed E-state index contributed by atoms with van der Waals surface area (Å²) in [6.45, 7) is 2.19. The van der Waals surface area contributed by atoms with Gasteiger partial charge in [-0.3, -0.25) is 14.8 Å². The predicted octanol–water partition coefficient (Wildman–Crippen LogP) is 4.82. The van der Waals surface area contributed by atoms with Gasteiger partial charge in [-0.25, -0.2) is 13.4 Å². The molecule has 1 unspecified atom stereocenters. The molecule has 182 valence electrons. The van der Waals surface area contributed by atoms with E-state index in [-0.39, 0.29) is 23.1 Å². The molecule has 34 heavy (non-hydrogen) atoms. The van der Waals surface area contributed by atoms with Crippen LogP contribution in [0.1, 0.15) is 62.4 Å². The van der Waals surface area contributed by atoms with Gasteiger partial charge in [-0.05, 0) is 61.8 Å². The Labute approximate surface area is 206 Å². The molecule has 1 aliphatic carbocycles. The van der Waals surface area contributed by atoms with Crippen molar-refractivity contribution in [2.75, 3.05) is 11.6 Å². The molecule has 7 nitrogen and oxygen atoms in total. The van der Waals surface area contributed by atoms with E-state index in [4.69, 9.17) is 11.6 Å². The number of nitrogens with zero attached hydrogens (tertiary/aromatic N) is 3. The highest BCUT2D eigenvalue weighted by molar-refractivity contribution is 7.90. The summed E-state index contributed by atoms with van der Waals surface area (Å²) in [7, 11) is -3.32. The third kappa shape index (κ3) is 5.84. The molecule has 0 spiro atoms. The van der Waals surface area contributed by atoms with Gasteiger partial charge in [0.15, 0.2) is 15.7 Å². The van der Waals surface area contributed by atoms with Gasteiger partial charge in [0.1, 0.15) is 5.15 Å². The van der Waals surface area contributed by atoms with E-state index >= 15 is 0 Å². The van der Waals surface area contributed by atoms with E-state index in [9.17, 15) is 13.2 Å². The molecule has 0 amide bonds. The first-order valence-electron chi connectivity index (χ1n) is 11.9. The van der Waals surface area contributed by atoms with Gasteiger partial charge in [-0.2, -0.15) is 0 Å². The molecule has 1 N–H and O–H groups in total. The Kier molecular flexibility index (Phi) is 7.67. The largest absolute Gasteiger partial charge is 0.336 e. The molecule has 0 saturated heterocycles. The number of Topliss-reactive ketones (excluding diaryl/α,β-unsaturated/α-hetero) is 1. The van der Waals surface area contributed by atoms with Crippen LogP contribution in [0.4, 0.5) is 5.69 Å². The van der Waals surface area contributed by atoms with Crippen molar-refractivity contribution in [3.63, 3.8) is 0 Å². The molecule has 0 bridgehead atoms. The average Bonchev–Trinajstić information content (AvgIpc) is 2.77. The zero-order valence-electron chi connectivity index (χ0n) is 19.7. The molecular formula is C25H31ClN4O3S. The molecule has 2 aromatic heterocycles. The molecule has 1 aliphatic heterocycles. The molecule has 4 rings (SSSR count). The molecule has 1 atom stereocenters. The Hall–Kier alpha value is -2.32. The monoisotopic (exact) mass is 502 g/mol. The maximum Gasteiger partial charge on any atom is 0.200 e. The molecule has 1 saturated carbocycles. The van der Waals surface area contributed by atoms with E-state index < -0.39 is 9.84 Å². The molecular weight excluding hydrogens is 472 g/mol. The standard InChI is InChI=1S/C25H31ClN4O3S/c1-3-17-13-22-21(29-24(17)26)12-9-18(8-7-16-5-4-6-16)23(31)25(30-22)28-14-19-10-11-20(15-27-19)34(2,32)33/h10-11,13,15-16,18H,3-9,12,14H2,1-2H3,(H,28,30). The number of hydrogen-bond donors (Lipinski definition) is 1. The van der Waals surface area contributed by atoms with Crippen molar-refractivity contribution in [3.8, 4) is 0 Å². The smallest absolute Gasteiger partial charge is 0.200 e. The first-order valence-corrected chi connectivity index (χ1v) is 14.2. The number of halogens is 1. The minimum absolute atomic E-state index is 0.0192. The minimum Gasteiger partial charge on any atom is -0.336 e. The number of ketones is 1. The first-order chi connectivity index (χ1) is 16.2. The molecule has 0 aromatic carbocycles. The van der Waals surface area contributed by atoms with Crippen LogP contribution in [-0.4, -0.2) is 36.3 Å². The number of amidine groups is 1. The number of aliphatic imine (C=N–C) groups is 1. The van der Waals surface area contributed by atoms with Gasteiger partial charge < -0.3 is 5.32 Å². The number of carbonyl (C=O) groups is 1. The van der Waals surface area contributed by atoms with Gasteiger partial charge in [-0.1, -0.05) is 37.8 Å². The number of aromatic nitrogens is 2. The third-order valence-corrected chi connectivity index (χ3v) is 8.29. The zero-order chi connectivity index (χ0) is 24.3. The number of sulfone groups is 1. The fourth-order valence-corrected chi connectivity index (χ4v) is 5.28. The van der Waals surface area contributed by atoms with Crippen molar-refractivity contribution < 1.29 is 13.2 Å². The Morgan fingerprint density at radius 1 is 1.21 bits per heavy atom. The second kappa shape index (κ2) is 10.5. The lowest BCUT2D eigenvalue weighted by atomic mass is 9.78. The van der Waals surface area contributed by atoms with Gasteiger partial charge in [0.05, 0.1) is 28.5 Å². The highest BCUT2D eigenvalue weighted by atomic mass is 35.5. The maximum atomic E-state index is 13.5. The van der Waals surface area contributed by atoms with Crippen LogP contribution in [0.2, 0.25) is 5.15 Å². The SMILES string of the molecule is CCc1cc2c(nc1Cl)CCC(CCC1CCC1)C(=O)C(=NCc1ccc(S(C)(=O)=O)cn1)N2. The van der Waals surface area contributed by atoms with Crippen LogP contribution in [0.3, 0.4) is 0 Å². The second-order valence-corrected chi connectivity index (χ2v) is 11.7. The number of hydrogen-bond acceptors (Lipinski definition) is 6. The van der Waals surface area contributed by atoms with E-state index in [1.54, 1.807) is 6.07 Å². The van der Waals surface area contributed by atoms with E-state index in [1.807, 2.05) is 13.0 Å². The second-order valence-electron chi connectivity index (χ2n) is 9.31. The van der Waals surface area contributed by atoms with Crippen molar-refractivity contribution in [1.29, 1.82) is 0 Å². The van der Waals surface area contributed by atoms with Crippen LogP contribution in [0.5, 0.6) is 0 Å². The first kappa shape index (κ1) is 24.8.